The van der Waals surface area contributed by atoms with Gasteiger partial charge in [0.25, 0.3) is 0 Å². The van der Waals surface area contributed by atoms with Crippen LogP contribution in [0.4, 0.5) is 0 Å². The van der Waals surface area contributed by atoms with Crippen LogP contribution in [-0.4, -0.2) is 32.2 Å². The molecule has 2 amide bonds. The van der Waals surface area contributed by atoms with Gasteiger partial charge >= 0.3 is 0 Å². The minimum atomic E-state index is -3.96. The maximum atomic E-state index is 12.5. The zero-order valence-electron chi connectivity index (χ0n) is 13.4. The van der Waals surface area contributed by atoms with Crippen LogP contribution in [0.2, 0.25) is 0 Å². The van der Waals surface area contributed by atoms with E-state index >= 15 is 0 Å². The number of ether oxygens (including phenoxy) is 1. The summed E-state index contributed by atoms with van der Waals surface area (Å²) in [6.45, 7) is 0.0528. The summed E-state index contributed by atoms with van der Waals surface area (Å²) < 4.78 is 28.4. The lowest BCUT2D eigenvalue weighted by Crippen LogP contribution is -2.30. The number of methoxy groups -OCH3 is 1. The van der Waals surface area contributed by atoms with Crippen molar-refractivity contribution in [2.45, 2.75) is 37.1 Å². The van der Waals surface area contributed by atoms with Gasteiger partial charge in [0, 0.05) is 0 Å². The van der Waals surface area contributed by atoms with Crippen molar-refractivity contribution in [3.05, 3.63) is 23.8 Å². The van der Waals surface area contributed by atoms with Gasteiger partial charge in [-0.1, -0.05) is 18.9 Å². The van der Waals surface area contributed by atoms with Gasteiger partial charge in [-0.25, -0.2) is 13.6 Å². The number of benzene rings is 1. The van der Waals surface area contributed by atoms with Crippen LogP contribution < -0.4 is 9.88 Å². The van der Waals surface area contributed by atoms with E-state index in [0.29, 0.717) is 5.56 Å². The summed E-state index contributed by atoms with van der Waals surface area (Å²) in [6, 6.07) is 4.47. The quantitative estimate of drug-likeness (QED) is 0.814. The van der Waals surface area contributed by atoms with Crippen molar-refractivity contribution in [2.24, 2.45) is 17.0 Å². The number of nitrogens with two attached hydrogens (primary N) is 1. The standard InChI is InChI=1S/C16H20N2O5S/c1-23-13-7-6-10(8-14(13)24(17,21)22)9-18-15(19)11-4-2-3-5-12(11)16(18)20/h6-8,11-12H,2-5,9H2,1H3,(H2,17,21,22). The largest absolute Gasteiger partial charge is 0.495 e. The average Bonchev–Trinajstić information content (AvgIpc) is 2.79. The molecule has 2 aliphatic rings. The highest BCUT2D eigenvalue weighted by molar-refractivity contribution is 7.89. The molecular weight excluding hydrogens is 332 g/mol. The highest BCUT2D eigenvalue weighted by atomic mass is 32.2. The van der Waals surface area contributed by atoms with E-state index in [2.05, 4.69) is 0 Å². The van der Waals surface area contributed by atoms with Gasteiger partial charge < -0.3 is 4.74 Å². The molecule has 3 rings (SSSR count). The highest BCUT2D eigenvalue weighted by Gasteiger charge is 2.47. The van der Waals surface area contributed by atoms with Crippen LogP contribution in [0.5, 0.6) is 5.75 Å². The van der Waals surface area contributed by atoms with E-state index in [1.807, 2.05) is 0 Å². The van der Waals surface area contributed by atoms with Crippen molar-refractivity contribution in [1.29, 1.82) is 0 Å². The predicted molar refractivity (Wildman–Crippen MR) is 85.4 cm³/mol. The zero-order chi connectivity index (χ0) is 17.5. The molecule has 8 heteroatoms. The number of hydrogen-bond donors (Lipinski definition) is 1. The minimum Gasteiger partial charge on any atom is -0.495 e. The number of nitrogens with zero attached hydrogens (tertiary/aromatic N) is 1. The highest BCUT2D eigenvalue weighted by Crippen LogP contribution is 2.38. The first kappa shape index (κ1) is 16.9. The molecule has 1 saturated carbocycles. The van der Waals surface area contributed by atoms with Crippen LogP contribution >= 0.6 is 0 Å². The third kappa shape index (κ3) is 2.91. The van der Waals surface area contributed by atoms with Gasteiger partial charge in [0.05, 0.1) is 25.5 Å². The molecule has 0 radical (unpaired) electrons. The van der Waals surface area contributed by atoms with Gasteiger partial charge in [0.15, 0.2) is 0 Å². The minimum absolute atomic E-state index is 0.0528. The van der Waals surface area contributed by atoms with Gasteiger partial charge in [0.2, 0.25) is 21.8 Å². The Hall–Kier alpha value is -1.93. The number of rotatable bonds is 4. The maximum absolute atomic E-state index is 12.5. The zero-order valence-corrected chi connectivity index (χ0v) is 14.2. The number of likely N-dealkylation sites (tertiary alicyclic amines) is 1. The number of amides is 2. The monoisotopic (exact) mass is 352 g/mol. The summed E-state index contributed by atoms with van der Waals surface area (Å²) in [7, 11) is -2.61. The molecule has 1 aliphatic heterocycles. The third-order valence-electron chi connectivity index (χ3n) is 4.81. The van der Waals surface area contributed by atoms with Crippen LogP contribution in [0.25, 0.3) is 0 Å². The number of fused-ring (bicyclic) bond motifs is 1. The molecular formula is C16H20N2O5S. The van der Waals surface area contributed by atoms with Gasteiger partial charge in [0.1, 0.15) is 10.6 Å². The van der Waals surface area contributed by atoms with E-state index in [9.17, 15) is 18.0 Å². The number of sulfonamides is 1. The molecule has 2 fully saturated rings. The van der Waals surface area contributed by atoms with Crippen molar-refractivity contribution in [3.8, 4) is 5.75 Å². The number of carbonyl (C=O) groups excluding carboxylic acids is 2. The molecule has 7 nitrogen and oxygen atoms in total. The lowest BCUT2D eigenvalue weighted by atomic mass is 9.81. The summed E-state index contributed by atoms with van der Waals surface area (Å²) in [4.78, 5) is 26.1. The smallest absolute Gasteiger partial charge is 0.241 e. The normalized spacial score (nSPS) is 24.2. The molecule has 1 saturated heterocycles. The van der Waals surface area contributed by atoms with E-state index < -0.39 is 10.0 Å². The fourth-order valence-electron chi connectivity index (χ4n) is 3.61. The fourth-order valence-corrected chi connectivity index (χ4v) is 4.36. The van der Waals surface area contributed by atoms with Crippen molar-refractivity contribution in [3.63, 3.8) is 0 Å². The van der Waals surface area contributed by atoms with Crippen LogP contribution in [-0.2, 0) is 26.2 Å². The number of carbonyl (C=O) groups is 2. The van der Waals surface area contributed by atoms with Crippen LogP contribution in [0.15, 0.2) is 23.1 Å². The number of imide groups is 1. The molecule has 1 heterocycles. The average molecular weight is 352 g/mol. The molecule has 2 unspecified atom stereocenters. The predicted octanol–water partition coefficient (Wildman–Crippen LogP) is 1.02. The lowest BCUT2D eigenvalue weighted by Gasteiger charge is -2.19. The first-order chi connectivity index (χ1) is 11.3. The Balaban J connectivity index is 1.89. The molecule has 0 spiro atoms. The van der Waals surface area contributed by atoms with E-state index in [4.69, 9.17) is 9.88 Å². The fraction of sp³-hybridized carbons (Fsp3) is 0.500. The maximum Gasteiger partial charge on any atom is 0.241 e. The Morgan fingerprint density at radius 3 is 2.25 bits per heavy atom. The molecule has 0 bridgehead atoms. The Morgan fingerprint density at radius 2 is 1.75 bits per heavy atom. The SMILES string of the molecule is COc1ccc(CN2C(=O)C3CCCCC3C2=O)cc1S(N)(=O)=O. The number of primary sulfonamides is 1. The third-order valence-corrected chi connectivity index (χ3v) is 5.74. The van der Waals surface area contributed by atoms with E-state index in [1.54, 1.807) is 6.07 Å². The van der Waals surface area contributed by atoms with Crippen molar-refractivity contribution < 1.29 is 22.7 Å². The van der Waals surface area contributed by atoms with Gasteiger partial charge in [-0.3, -0.25) is 14.5 Å². The first-order valence-electron chi connectivity index (χ1n) is 7.88. The molecule has 1 aromatic carbocycles. The molecule has 2 atom stereocenters. The molecule has 2 N–H and O–H groups in total. The second-order valence-electron chi connectivity index (χ2n) is 6.29. The van der Waals surface area contributed by atoms with Crippen molar-refractivity contribution >= 4 is 21.8 Å². The van der Waals surface area contributed by atoms with E-state index in [1.165, 1.54) is 24.1 Å². The molecule has 1 aliphatic carbocycles. The summed E-state index contributed by atoms with van der Waals surface area (Å²) in [5, 5.41) is 5.20. The molecule has 130 valence electrons. The second kappa shape index (κ2) is 6.18. The number of hydrogen-bond acceptors (Lipinski definition) is 5. The summed E-state index contributed by atoms with van der Waals surface area (Å²) >= 11 is 0. The van der Waals surface area contributed by atoms with Crippen LogP contribution in [0.1, 0.15) is 31.2 Å². The second-order valence-corrected chi connectivity index (χ2v) is 7.82. The first-order valence-corrected chi connectivity index (χ1v) is 9.42. The van der Waals surface area contributed by atoms with Crippen molar-refractivity contribution in [2.75, 3.05) is 7.11 Å². The van der Waals surface area contributed by atoms with Crippen LogP contribution in [0, 0.1) is 11.8 Å². The Kier molecular flexibility index (Phi) is 4.35. The summed E-state index contributed by atoms with van der Waals surface area (Å²) in [6.07, 6.45) is 3.42. The molecule has 24 heavy (non-hydrogen) atoms. The van der Waals surface area contributed by atoms with Crippen LogP contribution in [0.3, 0.4) is 0 Å². The van der Waals surface area contributed by atoms with Gasteiger partial charge in [-0.2, -0.15) is 0 Å². The Labute approximate surface area is 140 Å². The van der Waals surface area contributed by atoms with E-state index in [-0.39, 0.29) is 40.8 Å². The molecule has 0 aromatic heterocycles. The Bertz CT molecular complexity index is 766. The lowest BCUT2D eigenvalue weighted by molar-refractivity contribution is -0.140. The van der Waals surface area contributed by atoms with Crippen molar-refractivity contribution in [1.82, 2.24) is 4.90 Å². The molecule has 1 aromatic rings. The van der Waals surface area contributed by atoms with Gasteiger partial charge in [-0.05, 0) is 30.5 Å². The summed E-state index contributed by atoms with van der Waals surface area (Å²) in [5.74, 6) is -0.617. The topological polar surface area (TPSA) is 107 Å². The summed E-state index contributed by atoms with van der Waals surface area (Å²) in [5.41, 5.74) is 0.528. The van der Waals surface area contributed by atoms with E-state index in [0.717, 1.165) is 25.7 Å². The Morgan fingerprint density at radius 1 is 1.17 bits per heavy atom. The van der Waals surface area contributed by atoms with Gasteiger partial charge in [-0.15, -0.1) is 0 Å².